The van der Waals surface area contributed by atoms with Crippen molar-refractivity contribution in [3.63, 3.8) is 0 Å². The summed E-state index contributed by atoms with van der Waals surface area (Å²) in [5, 5.41) is 15.0. The summed E-state index contributed by atoms with van der Waals surface area (Å²) < 4.78 is 0. The first-order chi connectivity index (χ1) is 35.7. The molecular formula is C72H46. The molecule has 14 aromatic carbocycles. The summed E-state index contributed by atoms with van der Waals surface area (Å²) in [7, 11) is 0. The second-order valence-electron chi connectivity index (χ2n) is 19.1. The summed E-state index contributed by atoms with van der Waals surface area (Å²) in [6.07, 6.45) is 0. The van der Waals surface area contributed by atoms with Crippen LogP contribution >= 0.6 is 0 Å². The van der Waals surface area contributed by atoms with Crippen molar-refractivity contribution in [2.24, 2.45) is 0 Å². The number of benzene rings is 14. The van der Waals surface area contributed by atoms with Crippen LogP contribution in [0.1, 0.15) is 0 Å². The van der Waals surface area contributed by atoms with Crippen LogP contribution < -0.4 is 0 Å². The largest absolute Gasteiger partial charge is 0.0622 e. The summed E-state index contributed by atoms with van der Waals surface area (Å²) in [6, 6.07) is 103. The SMILES string of the molecule is c1ccc(-c2ccccc2-c2cc3c4ccc(-c5ccc6c(c5)c(-c5ccccc5)cc5c7ccccc7c(-c7ccccc7)cc65)cc4c(-c4ccccc4-c4ccccc4)cc3c3ccccc23)cc1. The van der Waals surface area contributed by atoms with Crippen molar-refractivity contribution in [1.82, 2.24) is 0 Å². The fourth-order valence-electron chi connectivity index (χ4n) is 11.7. The molecule has 0 radical (unpaired) electrons. The molecule has 0 amide bonds. The van der Waals surface area contributed by atoms with E-state index in [0.717, 1.165) is 0 Å². The molecule has 14 rings (SSSR count). The van der Waals surface area contributed by atoms with Gasteiger partial charge in [0.15, 0.2) is 0 Å². The maximum absolute atomic E-state index is 2.48. The van der Waals surface area contributed by atoms with Gasteiger partial charge in [-0.3, -0.25) is 0 Å². The lowest BCUT2D eigenvalue weighted by Crippen LogP contribution is -1.93. The lowest BCUT2D eigenvalue weighted by atomic mass is 9.84. The standard InChI is InChI=1S/C72H46/c1-5-21-47(22-6-1)53-29-13-15-31-55(53)67-45-72-62-40-38-52(42-66(62)70(46-71(72)60-36-20-19-35-59(60)67)56-32-16-14-30-54(56)48-23-7-2-8-24-48)51-37-39-61-65(41-51)64(50-27-11-4-12-28-50)44-68-58-34-18-17-33-57(58)63(43-69(61)68)49-25-9-3-10-26-49/h1-46H. The Morgan fingerprint density at radius 2 is 0.375 bits per heavy atom. The summed E-state index contributed by atoms with van der Waals surface area (Å²) in [5.74, 6) is 0. The molecule has 0 N–H and O–H groups in total. The van der Waals surface area contributed by atoms with Crippen LogP contribution in [0.2, 0.25) is 0 Å². The van der Waals surface area contributed by atoms with Crippen molar-refractivity contribution in [2.45, 2.75) is 0 Å². The Kier molecular flexibility index (Phi) is 9.96. The lowest BCUT2D eigenvalue weighted by Gasteiger charge is -2.20. The minimum atomic E-state index is 1.18. The molecule has 72 heavy (non-hydrogen) atoms. The molecule has 0 nitrogen and oxygen atoms in total. The fourth-order valence-corrected chi connectivity index (χ4v) is 11.7. The number of fused-ring (bicyclic) bond motifs is 10. The Morgan fingerprint density at radius 3 is 0.792 bits per heavy atom. The molecule has 0 aliphatic heterocycles. The van der Waals surface area contributed by atoms with Crippen LogP contribution in [0.3, 0.4) is 0 Å². The molecule has 0 aliphatic rings. The lowest BCUT2D eigenvalue weighted by molar-refractivity contribution is 1.60. The van der Waals surface area contributed by atoms with Crippen molar-refractivity contribution in [2.75, 3.05) is 0 Å². The van der Waals surface area contributed by atoms with Crippen molar-refractivity contribution in [1.29, 1.82) is 0 Å². The van der Waals surface area contributed by atoms with Crippen molar-refractivity contribution < 1.29 is 0 Å². The average Bonchev–Trinajstić information content (AvgIpc) is 3.47. The smallest absolute Gasteiger partial charge is 0.00923 e. The third-order valence-electron chi connectivity index (χ3n) is 15.1. The van der Waals surface area contributed by atoms with E-state index in [2.05, 4.69) is 279 Å². The van der Waals surface area contributed by atoms with Crippen LogP contribution in [-0.4, -0.2) is 0 Å². The molecule has 0 aromatic heterocycles. The molecule has 0 heterocycles. The number of hydrogen-bond acceptors (Lipinski definition) is 0. The van der Waals surface area contributed by atoms with Crippen LogP contribution in [0.15, 0.2) is 279 Å². The summed E-state index contributed by atoms with van der Waals surface area (Å²) in [4.78, 5) is 0. The van der Waals surface area contributed by atoms with Gasteiger partial charge in [0.25, 0.3) is 0 Å². The highest BCUT2D eigenvalue weighted by Gasteiger charge is 2.20. The minimum Gasteiger partial charge on any atom is -0.0622 e. The first-order valence-electron chi connectivity index (χ1n) is 25.0. The monoisotopic (exact) mass is 910 g/mol. The Labute approximate surface area is 419 Å². The quantitative estimate of drug-likeness (QED) is 0.140. The molecule has 0 bridgehead atoms. The zero-order chi connectivity index (χ0) is 47.5. The van der Waals surface area contributed by atoms with Gasteiger partial charge in [0.2, 0.25) is 0 Å². The maximum atomic E-state index is 2.48. The average molecular weight is 911 g/mol. The highest BCUT2D eigenvalue weighted by atomic mass is 14.2. The van der Waals surface area contributed by atoms with Gasteiger partial charge in [-0.05, 0) is 179 Å². The number of hydrogen-bond donors (Lipinski definition) is 0. The van der Waals surface area contributed by atoms with Crippen LogP contribution in [0.5, 0.6) is 0 Å². The number of rotatable bonds is 7. The van der Waals surface area contributed by atoms with Crippen LogP contribution in [0, 0.1) is 0 Å². The van der Waals surface area contributed by atoms with Gasteiger partial charge in [0, 0.05) is 0 Å². The molecule has 0 fully saturated rings. The van der Waals surface area contributed by atoms with Gasteiger partial charge >= 0.3 is 0 Å². The Balaban J connectivity index is 1.05. The molecule has 0 heteroatoms. The minimum absolute atomic E-state index is 1.18. The van der Waals surface area contributed by atoms with E-state index in [0.29, 0.717) is 0 Å². The van der Waals surface area contributed by atoms with E-state index in [-0.39, 0.29) is 0 Å². The molecule has 0 saturated heterocycles. The van der Waals surface area contributed by atoms with E-state index in [9.17, 15) is 0 Å². The van der Waals surface area contributed by atoms with Gasteiger partial charge in [0.05, 0.1) is 0 Å². The van der Waals surface area contributed by atoms with Gasteiger partial charge < -0.3 is 0 Å². The fraction of sp³-hybridized carbons (Fsp3) is 0. The molecule has 0 spiro atoms. The highest BCUT2D eigenvalue weighted by molar-refractivity contribution is 6.26. The predicted octanol–water partition coefficient (Wildman–Crippen LogP) is 20.3. The van der Waals surface area contributed by atoms with Gasteiger partial charge in [-0.25, -0.2) is 0 Å². The van der Waals surface area contributed by atoms with Crippen LogP contribution in [0.25, 0.3) is 143 Å². The van der Waals surface area contributed by atoms with Gasteiger partial charge in [-0.15, -0.1) is 0 Å². The normalized spacial score (nSPS) is 11.6. The van der Waals surface area contributed by atoms with Crippen LogP contribution in [0.4, 0.5) is 0 Å². The van der Waals surface area contributed by atoms with E-state index in [1.165, 1.54) is 143 Å². The van der Waals surface area contributed by atoms with E-state index in [1.54, 1.807) is 0 Å². The molecule has 0 atom stereocenters. The van der Waals surface area contributed by atoms with E-state index < -0.39 is 0 Å². The molecular weight excluding hydrogens is 865 g/mol. The molecule has 0 saturated carbocycles. The van der Waals surface area contributed by atoms with E-state index in [4.69, 9.17) is 0 Å². The van der Waals surface area contributed by atoms with E-state index >= 15 is 0 Å². The van der Waals surface area contributed by atoms with Gasteiger partial charge in [0.1, 0.15) is 0 Å². The molecule has 334 valence electrons. The topological polar surface area (TPSA) is 0 Å². The van der Waals surface area contributed by atoms with Crippen LogP contribution in [-0.2, 0) is 0 Å². The highest BCUT2D eigenvalue weighted by Crippen LogP contribution is 2.48. The second kappa shape index (κ2) is 17.2. The third kappa shape index (κ3) is 6.91. The van der Waals surface area contributed by atoms with Gasteiger partial charge in [-0.1, -0.05) is 243 Å². The molecule has 14 aromatic rings. The zero-order valence-electron chi connectivity index (χ0n) is 39.6. The summed E-state index contributed by atoms with van der Waals surface area (Å²) in [5.41, 5.74) is 17.0. The van der Waals surface area contributed by atoms with Crippen molar-refractivity contribution in [3.05, 3.63) is 279 Å². The predicted molar refractivity (Wildman–Crippen MR) is 310 cm³/mol. The van der Waals surface area contributed by atoms with E-state index in [1.807, 2.05) is 0 Å². The Hall–Kier alpha value is -9.36. The molecule has 0 aliphatic carbocycles. The Morgan fingerprint density at radius 1 is 0.111 bits per heavy atom. The summed E-state index contributed by atoms with van der Waals surface area (Å²) in [6.45, 7) is 0. The maximum Gasteiger partial charge on any atom is -0.00923 e. The summed E-state index contributed by atoms with van der Waals surface area (Å²) >= 11 is 0. The Bertz CT molecular complexity index is 4400. The van der Waals surface area contributed by atoms with Crippen molar-refractivity contribution >= 4 is 64.6 Å². The third-order valence-corrected chi connectivity index (χ3v) is 15.1. The second-order valence-corrected chi connectivity index (χ2v) is 19.1. The van der Waals surface area contributed by atoms with Gasteiger partial charge in [-0.2, -0.15) is 0 Å². The first kappa shape index (κ1) is 41.6. The zero-order valence-corrected chi connectivity index (χ0v) is 39.6. The van der Waals surface area contributed by atoms with Crippen molar-refractivity contribution in [3.8, 4) is 77.9 Å². The molecule has 0 unspecified atom stereocenters. The first-order valence-corrected chi connectivity index (χ1v) is 25.0.